The minimum Gasteiger partial charge on any atom is -0.366 e. The first-order valence-corrected chi connectivity index (χ1v) is 7.11. The number of carbonyl (C=O) groups excluding carboxylic acids is 1. The van der Waals surface area contributed by atoms with Crippen LogP contribution in [0.1, 0.15) is 29.2 Å². The molecule has 2 aromatic rings. The van der Waals surface area contributed by atoms with Crippen LogP contribution in [0.15, 0.2) is 30.9 Å². The zero-order valence-corrected chi connectivity index (χ0v) is 12.1. The fourth-order valence-electron chi connectivity index (χ4n) is 2.68. The standard InChI is InChI=1S/C15H19N5O/c1-19-4-2-14(3-5-19)20-10-13(9-18-20)11-6-12(15(16)21)8-17-7-11/h6-10,14H,2-5H2,1H3,(H2,16,21). The van der Waals surface area contributed by atoms with E-state index in [1.165, 1.54) is 6.20 Å². The van der Waals surface area contributed by atoms with Gasteiger partial charge in [-0.15, -0.1) is 0 Å². The Morgan fingerprint density at radius 1 is 1.24 bits per heavy atom. The third-order valence-electron chi connectivity index (χ3n) is 4.02. The molecule has 1 fully saturated rings. The summed E-state index contributed by atoms with van der Waals surface area (Å²) in [5.74, 6) is -0.466. The zero-order valence-electron chi connectivity index (χ0n) is 12.1. The van der Waals surface area contributed by atoms with Crippen molar-refractivity contribution in [3.63, 3.8) is 0 Å². The molecule has 1 amide bonds. The molecule has 0 atom stereocenters. The average molecular weight is 285 g/mol. The van der Waals surface area contributed by atoms with Gasteiger partial charge < -0.3 is 10.6 Å². The van der Waals surface area contributed by atoms with E-state index in [9.17, 15) is 4.79 Å². The average Bonchev–Trinajstić information content (AvgIpc) is 2.98. The number of carbonyl (C=O) groups is 1. The molecule has 2 N–H and O–H groups in total. The Kier molecular flexibility index (Phi) is 3.70. The summed E-state index contributed by atoms with van der Waals surface area (Å²) in [6, 6.07) is 2.20. The van der Waals surface area contributed by atoms with E-state index in [1.54, 1.807) is 12.3 Å². The molecule has 0 radical (unpaired) electrons. The van der Waals surface area contributed by atoms with Crippen LogP contribution in [0.3, 0.4) is 0 Å². The van der Waals surface area contributed by atoms with Gasteiger partial charge in [-0.2, -0.15) is 5.10 Å². The van der Waals surface area contributed by atoms with E-state index >= 15 is 0 Å². The van der Waals surface area contributed by atoms with Crippen LogP contribution in [0.25, 0.3) is 11.1 Å². The Balaban J connectivity index is 1.81. The molecule has 3 rings (SSSR count). The smallest absolute Gasteiger partial charge is 0.250 e. The monoisotopic (exact) mass is 285 g/mol. The van der Waals surface area contributed by atoms with Gasteiger partial charge in [0.15, 0.2) is 0 Å². The molecule has 0 aliphatic carbocycles. The summed E-state index contributed by atoms with van der Waals surface area (Å²) in [6.07, 6.45) is 9.27. The number of hydrogen-bond donors (Lipinski definition) is 1. The van der Waals surface area contributed by atoms with Crippen LogP contribution in [0.5, 0.6) is 0 Å². The molecule has 6 nitrogen and oxygen atoms in total. The fraction of sp³-hybridized carbons (Fsp3) is 0.400. The van der Waals surface area contributed by atoms with E-state index in [0.717, 1.165) is 37.1 Å². The van der Waals surface area contributed by atoms with Crippen molar-refractivity contribution < 1.29 is 4.79 Å². The van der Waals surface area contributed by atoms with E-state index in [-0.39, 0.29) is 0 Å². The van der Waals surface area contributed by atoms with E-state index in [1.807, 2.05) is 17.1 Å². The van der Waals surface area contributed by atoms with Crippen LogP contribution in [-0.2, 0) is 0 Å². The normalized spacial score (nSPS) is 17.0. The molecule has 2 aromatic heterocycles. The predicted octanol–water partition coefficient (Wildman–Crippen LogP) is 1.31. The number of pyridine rings is 1. The van der Waals surface area contributed by atoms with E-state index in [4.69, 9.17) is 5.73 Å². The molecule has 0 bridgehead atoms. The van der Waals surface area contributed by atoms with Gasteiger partial charge in [-0.25, -0.2) is 0 Å². The van der Waals surface area contributed by atoms with Gasteiger partial charge >= 0.3 is 0 Å². The Labute approximate surface area is 123 Å². The Morgan fingerprint density at radius 3 is 2.71 bits per heavy atom. The summed E-state index contributed by atoms with van der Waals surface area (Å²) in [7, 11) is 2.14. The molecule has 1 aliphatic heterocycles. The molecule has 0 unspecified atom stereocenters. The largest absolute Gasteiger partial charge is 0.366 e. The van der Waals surface area contributed by atoms with Crippen LogP contribution in [0.4, 0.5) is 0 Å². The van der Waals surface area contributed by atoms with E-state index in [2.05, 4.69) is 22.0 Å². The number of primary amides is 1. The lowest BCUT2D eigenvalue weighted by Crippen LogP contribution is -2.31. The molecular weight excluding hydrogens is 266 g/mol. The highest BCUT2D eigenvalue weighted by atomic mass is 16.1. The van der Waals surface area contributed by atoms with Gasteiger partial charge in [0.1, 0.15) is 0 Å². The second-order valence-electron chi connectivity index (χ2n) is 5.57. The summed E-state index contributed by atoms with van der Waals surface area (Å²) in [5, 5.41) is 4.47. The lowest BCUT2D eigenvalue weighted by molar-refractivity contribution is 0.1000. The van der Waals surface area contributed by atoms with Gasteiger partial charge in [0.2, 0.25) is 5.91 Å². The van der Waals surface area contributed by atoms with Crippen molar-refractivity contribution >= 4 is 5.91 Å². The Bertz CT molecular complexity index is 643. The van der Waals surface area contributed by atoms with Crippen molar-refractivity contribution in [1.29, 1.82) is 0 Å². The van der Waals surface area contributed by atoms with Gasteiger partial charge in [-0.05, 0) is 39.0 Å². The third kappa shape index (κ3) is 2.95. The Morgan fingerprint density at radius 2 is 2.00 bits per heavy atom. The summed E-state index contributed by atoms with van der Waals surface area (Å²) in [5.41, 5.74) is 7.54. The molecule has 110 valence electrons. The van der Waals surface area contributed by atoms with Crippen molar-refractivity contribution in [3.8, 4) is 11.1 Å². The number of amides is 1. The quantitative estimate of drug-likeness (QED) is 0.922. The minimum atomic E-state index is -0.466. The molecule has 21 heavy (non-hydrogen) atoms. The van der Waals surface area contributed by atoms with Crippen molar-refractivity contribution in [3.05, 3.63) is 36.4 Å². The molecule has 3 heterocycles. The first-order valence-electron chi connectivity index (χ1n) is 7.11. The number of rotatable bonds is 3. The number of nitrogens with two attached hydrogens (primary N) is 1. The molecular formula is C15H19N5O. The van der Waals surface area contributed by atoms with Gasteiger partial charge in [0.05, 0.1) is 17.8 Å². The van der Waals surface area contributed by atoms with Gasteiger partial charge in [-0.1, -0.05) is 0 Å². The summed E-state index contributed by atoms with van der Waals surface area (Å²) in [6.45, 7) is 2.19. The van der Waals surface area contributed by atoms with Crippen molar-refractivity contribution in [2.24, 2.45) is 5.73 Å². The summed E-state index contributed by atoms with van der Waals surface area (Å²) >= 11 is 0. The molecule has 0 spiro atoms. The summed E-state index contributed by atoms with van der Waals surface area (Å²) in [4.78, 5) is 17.6. The van der Waals surface area contributed by atoms with Crippen LogP contribution in [-0.4, -0.2) is 45.7 Å². The molecule has 0 saturated carbocycles. The maximum atomic E-state index is 11.2. The fourth-order valence-corrected chi connectivity index (χ4v) is 2.68. The van der Waals surface area contributed by atoms with Crippen LogP contribution >= 0.6 is 0 Å². The van der Waals surface area contributed by atoms with Crippen molar-refractivity contribution in [1.82, 2.24) is 19.7 Å². The maximum absolute atomic E-state index is 11.2. The number of nitrogens with zero attached hydrogens (tertiary/aromatic N) is 4. The zero-order chi connectivity index (χ0) is 14.8. The highest BCUT2D eigenvalue weighted by molar-refractivity contribution is 5.93. The summed E-state index contributed by atoms with van der Waals surface area (Å²) < 4.78 is 2.03. The van der Waals surface area contributed by atoms with Gasteiger partial charge in [-0.3, -0.25) is 14.5 Å². The highest BCUT2D eigenvalue weighted by Gasteiger charge is 2.19. The van der Waals surface area contributed by atoms with Gasteiger partial charge in [0, 0.05) is 29.7 Å². The van der Waals surface area contributed by atoms with Crippen LogP contribution in [0.2, 0.25) is 0 Å². The Hall–Kier alpha value is -2.21. The van der Waals surface area contributed by atoms with Gasteiger partial charge in [0.25, 0.3) is 0 Å². The van der Waals surface area contributed by atoms with Crippen molar-refractivity contribution in [2.45, 2.75) is 18.9 Å². The second kappa shape index (κ2) is 5.65. The van der Waals surface area contributed by atoms with E-state index < -0.39 is 5.91 Å². The number of piperidine rings is 1. The van der Waals surface area contributed by atoms with Crippen molar-refractivity contribution in [2.75, 3.05) is 20.1 Å². The first kappa shape index (κ1) is 13.8. The maximum Gasteiger partial charge on any atom is 0.250 e. The third-order valence-corrected chi connectivity index (χ3v) is 4.02. The number of aromatic nitrogens is 3. The first-order chi connectivity index (χ1) is 10.1. The molecule has 6 heteroatoms. The molecule has 1 saturated heterocycles. The number of hydrogen-bond acceptors (Lipinski definition) is 4. The van der Waals surface area contributed by atoms with E-state index in [0.29, 0.717) is 11.6 Å². The highest BCUT2D eigenvalue weighted by Crippen LogP contribution is 2.25. The van der Waals surface area contributed by atoms with Crippen LogP contribution in [0, 0.1) is 0 Å². The predicted molar refractivity (Wildman–Crippen MR) is 79.7 cm³/mol. The topological polar surface area (TPSA) is 77.0 Å². The number of likely N-dealkylation sites (tertiary alicyclic amines) is 1. The lowest BCUT2D eigenvalue weighted by Gasteiger charge is -2.28. The molecule has 1 aliphatic rings. The minimum absolute atomic E-state index is 0.416. The molecule has 0 aromatic carbocycles. The van der Waals surface area contributed by atoms with Crippen LogP contribution < -0.4 is 5.73 Å². The SMILES string of the molecule is CN1CCC(n2cc(-c3cncc(C(N)=O)c3)cn2)CC1. The second-order valence-corrected chi connectivity index (χ2v) is 5.57. The lowest BCUT2D eigenvalue weighted by atomic mass is 10.1.